The van der Waals surface area contributed by atoms with Crippen molar-refractivity contribution < 1.29 is 9.26 Å². The average Bonchev–Trinajstić information content (AvgIpc) is 2.96. The zero-order valence-electron chi connectivity index (χ0n) is 16.1. The molecule has 2 aliphatic carbocycles. The highest BCUT2D eigenvalue weighted by Crippen LogP contribution is 2.57. The van der Waals surface area contributed by atoms with Gasteiger partial charge in [0.05, 0.1) is 12.6 Å². The molecule has 25 heavy (non-hydrogen) atoms. The van der Waals surface area contributed by atoms with Crippen molar-refractivity contribution in [3.05, 3.63) is 11.7 Å². The fourth-order valence-electron chi connectivity index (χ4n) is 3.79. The summed E-state index contributed by atoms with van der Waals surface area (Å²) in [6.45, 7) is 9.53. The first-order valence-corrected chi connectivity index (χ1v) is 9.31. The summed E-state index contributed by atoms with van der Waals surface area (Å²) in [4.78, 5) is 8.79. The van der Waals surface area contributed by atoms with Crippen LogP contribution < -0.4 is 10.6 Å². The third-order valence-corrected chi connectivity index (χ3v) is 5.50. The molecule has 7 heteroatoms. The van der Waals surface area contributed by atoms with Crippen molar-refractivity contribution in [2.45, 2.75) is 77.5 Å². The number of aromatic nitrogens is 2. The first kappa shape index (κ1) is 18.2. The summed E-state index contributed by atoms with van der Waals surface area (Å²) in [5, 5.41) is 10.9. The molecule has 2 saturated carbocycles. The topological polar surface area (TPSA) is 84.6 Å². The maximum absolute atomic E-state index is 5.91. The van der Waals surface area contributed by atoms with E-state index >= 15 is 0 Å². The van der Waals surface area contributed by atoms with Gasteiger partial charge >= 0.3 is 0 Å². The summed E-state index contributed by atoms with van der Waals surface area (Å²) in [6, 6.07) is 0.430. The molecule has 140 valence electrons. The molecule has 0 aromatic carbocycles. The molecule has 1 spiro atoms. The van der Waals surface area contributed by atoms with Crippen molar-refractivity contribution in [2.75, 3.05) is 13.7 Å². The zero-order chi connectivity index (χ0) is 18.1. The number of nitrogens with one attached hydrogen (secondary N) is 2. The Morgan fingerprint density at radius 1 is 1.40 bits per heavy atom. The Morgan fingerprint density at radius 2 is 2.16 bits per heavy atom. The fourth-order valence-corrected chi connectivity index (χ4v) is 3.79. The number of ether oxygens (including phenoxy) is 1. The van der Waals surface area contributed by atoms with E-state index in [9.17, 15) is 0 Å². The lowest BCUT2D eigenvalue weighted by Crippen LogP contribution is -2.68. The maximum Gasteiger partial charge on any atom is 0.232 e. The van der Waals surface area contributed by atoms with Crippen LogP contribution in [-0.2, 0) is 16.7 Å². The molecule has 1 heterocycles. The zero-order valence-corrected chi connectivity index (χ0v) is 16.1. The molecule has 0 bridgehead atoms. The molecule has 2 N–H and O–H groups in total. The quantitative estimate of drug-likeness (QED) is 0.627. The molecule has 2 unspecified atom stereocenters. The SMILES string of the molecule is CCOC1CC(NC(=NC)NCc2noc(C(C)(C)C)n2)C12CCC2. The van der Waals surface area contributed by atoms with Gasteiger partial charge < -0.3 is 19.9 Å². The summed E-state index contributed by atoms with van der Waals surface area (Å²) >= 11 is 0. The van der Waals surface area contributed by atoms with Crippen molar-refractivity contribution in [2.24, 2.45) is 10.4 Å². The van der Waals surface area contributed by atoms with Gasteiger partial charge in [-0.3, -0.25) is 4.99 Å². The Kier molecular flexibility index (Phi) is 5.04. The van der Waals surface area contributed by atoms with Crippen molar-refractivity contribution in [1.29, 1.82) is 0 Å². The molecule has 2 fully saturated rings. The van der Waals surface area contributed by atoms with E-state index in [-0.39, 0.29) is 5.41 Å². The number of aliphatic imine (C=N–C) groups is 1. The Hall–Kier alpha value is -1.63. The maximum atomic E-state index is 5.91. The number of guanidine groups is 1. The molecule has 3 rings (SSSR count). The van der Waals surface area contributed by atoms with Crippen molar-refractivity contribution in [3.8, 4) is 0 Å². The van der Waals surface area contributed by atoms with E-state index in [4.69, 9.17) is 9.26 Å². The van der Waals surface area contributed by atoms with Crippen LogP contribution in [0.1, 0.15) is 65.1 Å². The van der Waals surface area contributed by atoms with Gasteiger partial charge in [0, 0.05) is 30.5 Å². The number of hydrogen-bond donors (Lipinski definition) is 2. The lowest BCUT2D eigenvalue weighted by atomic mass is 9.51. The van der Waals surface area contributed by atoms with Crippen LogP contribution in [0.25, 0.3) is 0 Å². The lowest BCUT2D eigenvalue weighted by Gasteiger charge is -2.61. The van der Waals surface area contributed by atoms with E-state index in [1.54, 1.807) is 7.05 Å². The van der Waals surface area contributed by atoms with Crippen molar-refractivity contribution >= 4 is 5.96 Å². The highest BCUT2D eigenvalue weighted by molar-refractivity contribution is 5.80. The van der Waals surface area contributed by atoms with Gasteiger partial charge in [0.25, 0.3) is 0 Å². The minimum absolute atomic E-state index is 0.137. The fraction of sp³-hybridized carbons (Fsp3) is 0.833. The second-order valence-corrected chi connectivity index (χ2v) is 8.15. The van der Waals surface area contributed by atoms with Crippen LogP contribution in [0.5, 0.6) is 0 Å². The Balaban J connectivity index is 1.53. The lowest BCUT2D eigenvalue weighted by molar-refractivity contribution is -0.168. The first-order chi connectivity index (χ1) is 11.9. The molecule has 1 aromatic heterocycles. The van der Waals surface area contributed by atoms with Crippen molar-refractivity contribution in [1.82, 2.24) is 20.8 Å². The molecular weight excluding hydrogens is 318 g/mol. The summed E-state index contributed by atoms with van der Waals surface area (Å²) in [5.41, 5.74) is 0.168. The van der Waals surface area contributed by atoms with Crippen molar-refractivity contribution in [3.63, 3.8) is 0 Å². The minimum atomic E-state index is -0.137. The number of nitrogens with zero attached hydrogens (tertiary/aromatic N) is 3. The van der Waals surface area contributed by atoms with E-state index in [0.717, 1.165) is 19.0 Å². The van der Waals surface area contributed by atoms with Crippen LogP contribution in [-0.4, -0.2) is 41.9 Å². The van der Waals surface area contributed by atoms with E-state index < -0.39 is 0 Å². The molecule has 2 atom stereocenters. The monoisotopic (exact) mass is 349 g/mol. The predicted octanol–water partition coefficient (Wildman–Crippen LogP) is 2.38. The normalized spacial score (nSPS) is 25.4. The molecule has 0 aliphatic heterocycles. The first-order valence-electron chi connectivity index (χ1n) is 9.31. The summed E-state index contributed by atoms with van der Waals surface area (Å²) in [7, 11) is 1.79. The second-order valence-electron chi connectivity index (χ2n) is 8.15. The second kappa shape index (κ2) is 6.94. The molecule has 0 radical (unpaired) electrons. The molecule has 7 nitrogen and oxygen atoms in total. The van der Waals surface area contributed by atoms with E-state index in [1.807, 2.05) is 0 Å². The average molecular weight is 349 g/mol. The van der Waals surface area contributed by atoms with Gasteiger partial charge in [-0.25, -0.2) is 0 Å². The Bertz CT molecular complexity index is 615. The standard InChI is InChI=1S/C18H31N5O2/c1-6-24-13-10-12(18(13)8-7-9-18)21-16(19-5)20-11-14-22-15(25-23-14)17(2,3)4/h12-13H,6-11H2,1-5H3,(H2,19,20,21). The van der Waals surface area contributed by atoms with Gasteiger partial charge in [0.2, 0.25) is 5.89 Å². The molecule has 0 amide bonds. The molecule has 0 saturated heterocycles. The smallest absolute Gasteiger partial charge is 0.232 e. The van der Waals surface area contributed by atoms with Crippen LogP contribution in [0.4, 0.5) is 0 Å². The summed E-state index contributed by atoms with van der Waals surface area (Å²) in [6.07, 6.45) is 5.23. The van der Waals surface area contributed by atoms with Crippen LogP contribution >= 0.6 is 0 Å². The minimum Gasteiger partial charge on any atom is -0.378 e. The van der Waals surface area contributed by atoms with Crippen LogP contribution in [0.3, 0.4) is 0 Å². The third kappa shape index (κ3) is 3.52. The largest absolute Gasteiger partial charge is 0.378 e. The predicted molar refractivity (Wildman–Crippen MR) is 96.4 cm³/mol. The van der Waals surface area contributed by atoms with E-state index in [1.165, 1.54) is 19.3 Å². The molecular formula is C18H31N5O2. The molecule has 2 aliphatic rings. The Labute approximate surface area is 150 Å². The highest BCUT2D eigenvalue weighted by Gasteiger charge is 2.59. The van der Waals surface area contributed by atoms with Gasteiger partial charge in [-0.05, 0) is 26.2 Å². The molecule has 1 aromatic rings. The van der Waals surface area contributed by atoms with Gasteiger partial charge in [0.15, 0.2) is 11.8 Å². The third-order valence-electron chi connectivity index (χ3n) is 5.50. The summed E-state index contributed by atoms with van der Waals surface area (Å²) < 4.78 is 11.2. The van der Waals surface area contributed by atoms with E-state index in [2.05, 4.69) is 53.5 Å². The van der Waals surface area contributed by atoms with E-state index in [0.29, 0.717) is 35.8 Å². The highest BCUT2D eigenvalue weighted by atomic mass is 16.5. The van der Waals surface area contributed by atoms with Crippen LogP contribution in [0, 0.1) is 5.41 Å². The van der Waals surface area contributed by atoms with Crippen LogP contribution in [0.15, 0.2) is 9.52 Å². The number of hydrogen-bond acceptors (Lipinski definition) is 5. The van der Waals surface area contributed by atoms with Gasteiger partial charge in [-0.2, -0.15) is 4.98 Å². The Morgan fingerprint density at radius 3 is 2.68 bits per heavy atom. The van der Waals surface area contributed by atoms with Gasteiger partial charge in [-0.15, -0.1) is 0 Å². The van der Waals surface area contributed by atoms with Gasteiger partial charge in [-0.1, -0.05) is 32.3 Å². The van der Waals surface area contributed by atoms with Crippen LogP contribution in [0.2, 0.25) is 0 Å². The summed E-state index contributed by atoms with van der Waals surface area (Å²) in [5.74, 6) is 2.08. The number of rotatable bonds is 5. The van der Waals surface area contributed by atoms with Gasteiger partial charge in [0.1, 0.15) is 0 Å².